The van der Waals surface area contributed by atoms with Crippen molar-refractivity contribution in [2.24, 2.45) is 0 Å². The van der Waals surface area contributed by atoms with Gasteiger partial charge in [0.1, 0.15) is 12.1 Å². The molecule has 0 spiro atoms. The average Bonchev–Trinajstić information content (AvgIpc) is 2.37. The minimum Gasteiger partial charge on any atom is -0.322 e. The van der Waals surface area contributed by atoms with Crippen LogP contribution >= 0.6 is 15.9 Å². The van der Waals surface area contributed by atoms with Crippen LogP contribution in [0.2, 0.25) is 0 Å². The summed E-state index contributed by atoms with van der Waals surface area (Å²) in [6, 6.07) is 2.87. The fourth-order valence-electron chi connectivity index (χ4n) is 1.39. The van der Waals surface area contributed by atoms with Crippen LogP contribution in [-0.4, -0.2) is 15.9 Å². The predicted octanol–water partition coefficient (Wildman–Crippen LogP) is 2.94. The second-order valence-electron chi connectivity index (χ2n) is 3.66. The molecular formula is C12H9BrFN3O. The molecule has 2 aromatic rings. The molecule has 0 saturated carbocycles. The molecule has 0 fully saturated rings. The second kappa shape index (κ2) is 5.22. The van der Waals surface area contributed by atoms with Crippen molar-refractivity contribution >= 4 is 27.5 Å². The van der Waals surface area contributed by atoms with Gasteiger partial charge in [0.2, 0.25) is 0 Å². The minimum atomic E-state index is -0.430. The van der Waals surface area contributed by atoms with Crippen LogP contribution in [0, 0.1) is 12.7 Å². The number of aromatic nitrogens is 2. The summed E-state index contributed by atoms with van der Waals surface area (Å²) in [5, 5.41) is 2.61. The quantitative estimate of drug-likeness (QED) is 0.928. The number of carbonyl (C=O) groups excluding carboxylic acids is 1. The van der Waals surface area contributed by atoms with Gasteiger partial charge in [-0.05, 0) is 40.5 Å². The Morgan fingerprint density at radius 2 is 2.00 bits per heavy atom. The van der Waals surface area contributed by atoms with E-state index in [1.165, 1.54) is 24.8 Å². The number of halogens is 2. The highest BCUT2D eigenvalue weighted by Crippen LogP contribution is 2.24. The molecule has 0 saturated heterocycles. The van der Waals surface area contributed by atoms with Crippen LogP contribution in [0.25, 0.3) is 0 Å². The average molecular weight is 310 g/mol. The molecule has 0 aliphatic carbocycles. The fourth-order valence-corrected chi connectivity index (χ4v) is 1.85. The van der Waals surface area contributed by atoms with E-state index in [1.54, 1.807) is 13.0 Å². The standard InChI is InChI=1S/C12H9BrFN3O/c1-7-2-9(13)10(14)3-11(7)17-12(18)8-4-15-6-16-5-8/h2-6H,1H3,(H,17,18). The Balaban J connectivity index is 2.25. The second-order valence-corrected chi connectivity index (χ2v) is 4.52. The zero-order valence-electron chi connectivity index (χ0n) is 9.45. The molecule has 4 nitrogen and oxygen atoms in total. The Kier molecular flexibility index (Phi) is 3.66. The number of amides is 1. The molecule has 0 aliphatic rings. The first-order valence-electron chi connectivity index (χ1n) is 5.10. The lowest BCUT2D eigenvalue weighted by molar-refractivity contribution is 0.102. The van der Waals surface area contributed by atoms with Crippen molar-refractivity contribution in [3.05, 3.63) is 52.3 Å². The van der Waals surface area contributed by atoms with Crippen LogP contribution in [0.1, 0.15) is 15.9 Å². The van der Waals surface area contributed by atoms with Crippen molar-refractivity contribution < 1.29 is 9.18 Å². The molecule has 6 heteroatoms. The highest BCUT2D eigenvalue weighted by molar-refractivity contribution is 9.10. The molecule has 2 rings (SSSR count). The number of nitrogens with one attached hydrogen (secondary N) is 1. The lowest BCUT2D eigenvalue weighted by Crippen LogP contribution is -2.13. The summed E-state index contributed by atoms with van der Waals surface area (Å²) in [4.78, 5) is 19.3. The maximum absolute atomic E-state index is 13.4. The Bertz CT molecular complexity index is 589. The van der Waals surface area contributed by atoms with Crippen molar-refractivity contribution in [1.82, 2.24) is 9.97 Å². The summed E-state index contributed by atoms with van der Waals surface area (Å²) in [6.45, 7) is 1.78. The van der Waals surface area contributed by atoms with E-state index in [0.717, 1.165) is 5.56 Å². The summed E-state index contributed by atoms with van der Waals surface area (Å²) in [6.07, 6.45) is 4.13. The van der Waals surface area contributed by atoms with E-state index >= 15 is 0 Å². The monoisotopic (exact) mass is 309 g/mol. The van der Waals surface area contributed by atoms with Crippen molar-refractivity contribution in [2.45, 2.75) is 6.92 Å². The van der Waals surface area contributed by atoms with Gasteiger partial charge < -0.3 is 5.32 Å². The van der Waals surface area contributed by atoms with Gasteiger partial charge in [0.25, 0.3) is 5.91 Å². The van der Waals surface area contributed by atoms with Crippen LogP contribution in [-0.2, 0) is 0 Å². The van der Waals surface area contributed by atoms with Crippen LogP contribution in [0.5, 0.6) is 0 Å². The third-order valence-corrected chi connectivity index (χ3v) is 2.95. The molecule has 1 N–H and O–H groups in total. The number of hydrogen-bond acceptors (Lipinski definition) is 3. The normalized spacial score (nSPS) is 10.2. The Morgan fingerprint density at radius 3 is 2.67 bits per heavy atom. The van der Waals surface area contributed by atoms with Gasteiger partial charge in [-0.1, -0.05) is 0 Å². The number of nitrogens with zero attached hydrogens (tertiary/aromatic N) is 2. The lowest BCUT2D eigenvalue weighted by Gasteiger charge is -2.09. The number of benzene rings is 1. The topological polar surface area (TPSA) is 54.9 Å². The number of hydrogen-bond donors (Lipinski definition) is 1. The van der Waals surface area contributed by atoms with Gasteiger partial charge in [0.05, 0.1) is 10.0 Å². The summed E-state index contributed by atoms with van der Waals surface area (Å²) in [7, 11) is 0. The Labute approximate surface area is 111 Å². The highest BCUT2D eigenvalue weighted by atomic mass is 79.9. The number of anilines is 1. The van der Waals surface area contributed by atoms with E-state index in [0.29, 0.717) is 15.7 Å². The Morgan fingerprint density at radius 1 is 1.33 bits per heavy atom. The summed E-state index contributed by atoms with van der Waals surface area (Å²) >= 11 is 3.08. The smallest absolute Gasteiger partial charge is 0.258 e. The van der Waals surface area contributed by atoms with Crippen LogP contribution in [0.15, 0.2) is 35.3 Å². The lowest BCUT2D eigenvalue weighted by atomic mass is 10.2. The van der Waals surface area contributed by atoms with E-state index in [9.17, 15) is 9.18 Å². The van der Waals surface area contributed by atoms with Gasteiger partial charge in [-0.25, -0.2) is 14.4 Å². The van der Waals surface area contributed by atoms with Gasteiger partial charge in [0, 0.05) is 18.1 Å². The van der Waals surface area contributed by atoms with E-state index in [-0.39, 0.29) is 5.91 Å². The maximum atomic E-state index is 13.4. The molecule has 1 heterocycles. The van der Waals surface area contributed by atoms with E-state index in [4.69, 9.17) is 0 Å². The molecular weight excluding hydrogens is 301 g/mol. The number of carbonyl (C=O) groups is 1. The summed E-state index contributed by atoms with van der Waals surface area (Å²) < 4.78 is 13.8. The predicted molar refractivity (Wildman–Crippen MR) is 68.8 cm³/mol. The van der Waals surface area contributed by atoms with Crippen LogP contribution in [0.3, 0.4) is 0 Å². The first kappa shape index (κ1) is 12.6. The maximum Gasteiger partial charge on any atom is 0.258 e. The first-order valence-corrected chi connectivity index (χ1v) is 5.89. The number of rotatable bonds is 2. The molecule has 0 unspecified atom stereocenters. The molecule has 92 valence electrons. The first-order chi connectivity index (χ1) is 8.58. The van der Waals surface area contributed by atoms with Crippen LogP contribution < -0.4 is 5.32 Å². The SMILES string of the molecule is Cc1cc(Br)c(F)cc1NC(=O)c1cncnc1. The summed E-state index contributed by atoms with van der Waals surface area (Å²) in [5.41, 5.74) is 1.50. The van der Waals surface area contributed by atoms with Gasteiger partial charge in [-0.2, -0.15) is 0 Å². The van der Waals surface area contributed by atoms with Crippen molar-refractivity contribution in [3.63, 3.8) is 0 Å². The molecule has 1 aromatic heterocycles. The molecule has 1 amide bonds. The highest BCUT2D eigenvalue weighted by Gasteiger charge is 2.10. The zero-order chi connectivity index (χ0) is 13.1. The van der Waals surface area contributed by atoms with Crippen LogP contribution in [0.4, 0.5) is 10.1 Å². The van der Waals surface area contributed by atoms with E-state index < -0.39 is 5.82 Å². The van der Waals surface area contributed by atoms with Crippen molar-refractivity contribution in [2.75, 3.05) is 5.32 Å². The molecule has 0 radical (unpaired) electrons. The van der Waals surface area contributed by atoms with E-state index in [2.05, 4.69) is 31.2 Å². The Hall–Kier alpha value is -1.82. The van der Waals surface area contributed by atoms with Crippen molar-refractivity contribution in [1.29, 1.82) is 0 Å². The van der Waals surface area contributed by atoms with Gasteiger partial charge in [-0.3, -0.25) is 4.79 Å². The zero-order valence-corrected chi connectivity index (χ0v) is 11.0. The minimum absolute atomic E-state index is 0.320. The van der Waals surface area contributed by atoms with E-state index in [1.807, 2.05) is 0 Å². The largest absolute Gasteiger partial charge is 0.322 e. The third kappa shape index (κ3) is 2.70. The van der Waals surface area contributed by atoms with Crippen molar-refractivity contribution in [3.8, 4) is 0 Å². The van der Waals surface area contributed by atoms with Gasteiger partial charge >= 0.3 is 0 Å². The third-order valence-electron chi connectivity index (χ3n) is 2.34. The molecule has 0 aliphatic heterocycles. The summed E-state index contributed by atoms with van der Waals surface area (Å²) in [5.74, 6) is -0.805. The fraction of sp³-hybridized carbons (Fsp3) is 0.0833. The van der Waals surface area contributed by atoms with Gasteiger partial charge in [-0.15, -0.1) is 0 Å². The number of aryl methyl sites for hydroxylation is 1. The molecule has 18 heavy (non-hydrogen) atoms. The molecule has 0 atom stereocenters. The molecule has 1 aromatic carbocycles. The van der Waals surface area contributed by atoms with Gasteiger partial charge in [0.15, 0.2) is 0 Å². The molecule has 0 bridgehead atoms.